The highest BCUT2D eigenvalue weighted by molar-refractivity contribution is 5.38. The van der Waals surface area contributed by atoms with Gasteiger partial charge in [-0.15, -0.1) is 0 Å². The van der Waals surface area contributed by atoms with E-state index in [0.29, 0.717) is 12.4 Å². The van der Waals surface area contributed by atoms with Crippen molar-refractivity contribution in [1.29, 1.82) is 0 Å². The first-order valence-electron chi connectivity index (χ1n) is 5.33. The van der Waals surface area contributed by atoms with Gasteiger partial charge in [-0.25, -0.2) is 0 Å². The number of hydrogen-bond acceptors (Lipinski definition) is 4. The summed E-state index contributed by atoms with van der Waals surface area (Å²) in [6, 6.07) is 10.3. The molecule has 1 aromatic heterocycles. The molecule has 2 aromatic rings. The molecule has 4 heteroatoms. The highest BCUT2D eigenvalue weighted by atomic mass is 16.5. The molecule has 3 N–H and O–H groups in total. The molecule has 0 aliphatic rings. The molecular weight excluding hydrogens is 216 g/mol. The Balaban J connectivity index is 1.97. The van der Waals surface area contributed by atoms with E-state index >= 15 is 0 Å². The molecule has 0 spiro atoms. The molecule has 2 rings (SSSR count). The van der Waals surface area contributed by atoms with Gasteiger partial charge in [0, 0.05) is 12.4 Å². The Morgan fingerprint density at radius 3 is 2.59 bits per heavy atom. The highest BCUT2D eigenvalue weighted by Crippen LogP contribution is 2.25. The van der Waals surface area contributed by atoms with Crippen LogP contribution >= 0.6 is 0 Å². The zero-order chi connectivity index (χ0) is 12.1. The average molecular weight is 230 g/mol. The second-order valence-electron chi connectivity index (χ2n) is 3.67. The van der Waals surface area contributed by atoms with Crippen molar-refractivity contribution in [2.75, 3.05) is 6.61 Å². The van der Waals surface area contributed by atoms with Gasteiger partial charge in [0.2, 0.25) is 0 Å². The van der Waals surface area contributed by atoms with E-state index in [1.165, 1.54) is 0 Å². The smallest absolute Gasteiger partial charge is 0.161 e. The number of nitrogens with zero attached hydrogens (tertiary/aromatic N) is 1. The first-order chi connectivity index (χ1) is 8.27. The minimum absolute atomic E-state index is 0.120. The first-order valence-corrected chi connectivity index (χ1v) is 5.33. The molecule has 0 bridgehead atoms. The van der Waals surface area contributed by atoms with Gasteiger partial charge in [-0.3, -0.25) is 4.98 Å². The van der Waals surface area contributed by atoms with Crippen LogP contribution in [0.3, 0.4) is 0 Å². The summed E-state index contributed by atoms with van der Waals surface area (Å²) >= 11 is 0. The number of hydrogen-bond donors (Lipinski definition) is 2. The van der Waals surface area contributed by atoms with E-state index in [4.69, 9.17) is 10.5 Å². The number of phenols is 1. The molecule has 1 atom stereocenters. The average Bonchev–Trinajstić information content (AvgIpc) is 2.38. The van der Waals surface area contributed by atoms with Gasteiger partial charge in [0.25, 0.3) is 0 Å². The van der Waals surface area contributed by atoms with Crippen LogP contribution in [0.5, 0.6) is 11.5 Å². The van der Waals surface area contributed by atoms with E-state index in [0.717, 1.165) is 5.56 Å². The van der Waals surface area contributed by atoms with Crippen LogP contribution in [0.15, 0.2) is 48.8 Å². The zero-order valence-corrected chi connectivity index (χ0v) is 9.28. The predicted octanol–water partition coefficient (Wildman–Crippen LogP) is 1.87. The maximum atomic E-state index is 9.52. The van der Waals surface area contributed by atoms with E-state index in [9.17, 15) is 5.11 Å². The standard InChI is InChI=1S/C13H14N2O2/c14-11(10-5-7-15-8-6-10)9-17-13-4-2-1-3-12(13)16/h1-8,11,16H,9,14H2. The molecule has 17 heavy (non-hydrogen) atoms. The van der Waals surface area contributed by atoms with Crippen molar-refractivity contribution in [3.05, 3.63) is 54.4 Å². The second kappa shape index (κ2) is 5.32. The molecule has 1 aromatic carbocycles. The quantitative estimate of drug-likeness (QED) is 0.841. The maximum Gasteiger partial charge on any atom is 0.161 e. The lowest BCUT2D eigenvalue weighted by atomic mass is 10.1. The van der Waals surface area contributed by atoms with Gasteiger partial charge in [0.1, 0.15) is 6.61 Å². The van der Waals surface area contributed by atoms with E-state index in [2.05, 4.69) is 4.98 Å². The molecule has 88 valence electrons. The fourth-order valence-corrected chi connectivity index (χ4v) is 1.47. The van der Waals surface area contributed by atoms with Crippen molar-refractivity contribution in [3.8, 4) is 11.5 Å². The Kier molecular flexibility index (Phi) is 3.57. The molecule has 0 aliphatic heterocycles. The van der Waals surface area contributed by atoms with Gasteiger partial charge in [-0.2, -0.15) is 0 Å². The molecule has 0 saturated heterocycles. The summed E-state index contributed by atoms with van der Waals surface area (Å²) in [6.45, 7) is 0.307. The van der Waals surface area contributed by atoms with Crippen molar-refractivity contribution >= 4 is 0 Å². The number of aromatic nitrogens is 1. The summed E-state index contributed by atoms with van der Waals surface area (Å²) in [7, 11) is 0. The van der Waals surface area contributed by atoms with Crippen molar-refractivity contribution in [3.63, 3.8) is 0 Å². The van der Waals surface area contributed by atoms with Crippen LogP contribution in [0.25, 0.3) is 0 Å². The SMILES string of the molecule is NC(COc1ccccc1O)c1ccncc1. The topological polar surface area (TPSA) is 68.4 Å². The summed E-state index contributed by atoms with van der Waals surface area (Å²) < 4.78 is 5.46. The summed E-state index contributed by atoms with van der Waals surface area (Å²) in [5, 5.41) is 9.52. The van der Waals surface area contributed by atoms with Gasteiger partial charge in [0.15, 0.2) is 11.5 Å². The molecule has 0 amide bonds. The second-order valence-corrected chi connectivity index (χ2v) is 3.67. The third-order valence-corrected chi connectivity index (χ3v) is 2.42. The summed E-state index contributed by atoms with van der Waals surface area (Å²) in [6.07, 6.45) is 3.38. The van der Waals surface area contributed by atoms with E-state index in [1.807, 2.05) is 12.1 Å². The monoisotopic (exact) mass is 230 g/mol. The van der Waals surface area contributed by atoms with E-state index in [-0.39, 0.29) is 11.8 Å². The molecule has 0 aliphatic carbocycles. The number of benzene rings is 1. The molecule has 0 radical (unpaired) electrons. The number of phenolic OH excluding ortho intramolecular Hbond substituents is 1. The number of pyridine rings is 1. The van der Waals surface area contributed by atoms with Crippen LogP contribution in [0.4, 0.5) is 0 Å². The molecule has 0 saturated carbocycles. The number of nitrogens with two attached hydrogens (primary N) is 1. The lowest BCUT2D eigenvalue weighted by Gasteiger charge is -2.13. The molecule has 1 heterocycles. The minimum atomic E-state index is -0.238. The fraction of sp³-hybridized carbons (Fsp3) is 0.154. The Hall–Kier alpha value is -2.07. The third-order valence-electron chi connectivity index (χ3n) is 2.42. The van der Waals surface area contributed by atoms with Crippen molar-refractivity contribution in [2.24, 2.45) is 5.73 Å². The van der Waals surface area contributed by atoms with Crippen LogP contribution in [0.1, 0.15) is 11.6 Å². The van der Waals surface area contributed by atoms with Gasteiger partial charge < -0.3 is 15.6 Å². The predicted molar refractivity (Wildman–Crippen MR) is 64.8 cm³/mol. The summed E-state index contributed by atoms with van der Waals surface area (Å²) in [5.41, 5.74) is 6.91. The minimum Gasteiger partial charge on any atom is -0.504 e. The van der Waals surface area contributed by atoms with Gasteiger partial charge in [0.05, 0.1) is 6.04 Å². The first kappa shape index (κ1) is 11.4. The molecule has 0 fully saturated rings. The lowest BCUT2D eigenvalue weighted by molar-refractivity contribution is 0.276. The van der Waals surface area contributed by atoms with Gasteiger partial charge in [-0.05, 0) is 29.8 Å². The fourth-order valence-electron chi connectivity index (χ4n) is 1.47. The number of rotatable bonds is 4. The number of aromatic hydroxyl groups is 1. The van der Waals surface area contributed by atoms with Crippen molar-refractivity contribution in [2.45, 2.75) is 6.04 Å². The maximum absolute atomic E-state index is 9.52. The number of ether oxygens (including phenoxy) is 1. The van der Waals surface area contributed by atoms with Gasteiger partial charge >= 0.3 is 0 Å². The Morgan fingerprint density at radius 2 is 1.88 bits per heavy atom. The largest absolute Gasteiger partial charge is 0.504 e. The third kappa shape index (κ3) is 2.95. The molecule has 4 nitrogen and oxygen atoms in total. The normalized spacial score (nSPS) is 12.1. The van der Waals surface area contributed by atoms with Crippen LogP contribution in [0.2, 0.25) is 0 Å². The van der Waals surface area contributed by atoms with E-state index < -0.39 is 0 Å². The Labute approximate surface area is 99.7 Å². The molecule has 1 unspecified atom stereocenters. The van der Waals surface area contributed by atoms with Gasteiger partial charge in [-0.1, -0.05) is 12.1 Å². The Morgan fingerprint density at radius 1 is 1.18 bits per heavy atom. The van der Waals surface area contributed by atoms with Crippen molar-refractivity contribution in [1.82, 2.24) is 4.98 Å². The van der Waals surface area contributed by atoms with Crippen LogP contribution < -0.4 is 10.5 Å². The Bertz CT molecular complexity index is 474. The summed E-state index contributed by atoms with van der Waals surface area (Å²) in [4.78, 5) is 3.92. The zero-order valence-electron chi connectivity index (χ0n) is 9.28. The van der Waals surface area contributed by atoms with Crippen LogP contribution in [-0.2, 0) is 0 Å². The number of para-hydroxylation sites is 2. The highest BCUT2D eigenvalue weighted by Gasteiger charge is 2.07. The molecular formula is C13H14N2O2. The van der Waals surface area contributed by atoms with Crippen LogP contribution in [-0.4, -0.2) is 16.7 Å². The summed E-state index contributed by atoms with van der Waals surface area (Å²) in [5.74, 6) is 0.562. The van der Waals surface area contributed by atoms with Crippen LogP contribution in [0, 0.1) is 0 Å². The van der Waals surface area contributed by atoms with Crippen molar-refractivity contribution < 1.29 is 9.84 Å². The van der Waals surface area contributed by atoms with E-state index in [1.54, 1.807) is 36.7 Å². The lowest BCUT2D eigenvalue weighted by Crippen LogP contribution is -2.18.